The highest BCUT2D eigenvalue weighted by Crippen LogP contribution is 2.30. The second kappa shape index (κ2) is 6.40. The number of hydrogen-bond acceptors (Lipinski definition) is 4. The highest BCUT2D eigenvalue weighted by Gasteiger charge is 2.22. The number of rotatable bonds is 3. The average Bonchev–Trinajstić information content (AvgIpc) is 2.54. The summed E-state index contributed by atoms with van der Waals surface area (Å²) in [6.07, 6.45) is 4.96. The van der Waals surface area contributed by atoms with E-state index in [-0.39, 0.29) is 29.8 Å². The molecule has 23 heavy (non-hydrogen) atoms. The molecule has 2 aromatic carbocycles. The second-order valence-electron chi connectivity index (χ2n) is 5.34. The molecule has 0 radical (unpaired) electrons. The molecule has 1 aliphatic rings. The van der Waals surface area contributed by atoms with Crippen LogP contribution in [0, 0.1) is 0 Å². The van der Waals surface area contributed by atoms with E-state index in [4.69, 9.17) is 4.74 Å². The molecular weight excluding hydrogens is 292 g/mol. The lowest BCUT2D eigenvalue weighted by molar-refractivity contribution is -0.118. The van der Waals surface area contributed by atoms with E-state index in [9.17, 15) is 15.0 Å². The van der Waals surface area contributed by atoms with Gasteiger partial charge in [0.15, 0.2) is 5.78 Å². The molecule has 1 atom stereocenters. The molecule has 3 rings (SSSR count). The molecule has 1 aliphatic heterocycles. The molecule has 2 N–H and O–H groups in total. The third kappa shape index (κ3) is 3.80. The molecule has 0 spiro atoms. The molecule has 0 bridgehead atoms. The lowest BCUT2D eigenvalue weighted by Gasteiger charge is -2.23. The van der Waals surface area contributed by atoms with Crippen molar-refractivity contribution in [3.05, 3.63) is 77.6 Å². The molecule has 0 aromatic heterocycles. The molecule has 2 aromatic rings. The Morgan fingerprint density at radius 3 is 2.17 bits per heavy atom. The van der Waals surface area contributed by atoms with Crippen LogP contribution < -0.4 is 0 Å². The fraction of sp³-hybridized carbons (Fsp3) is 0.105. The van der Waals surface area contributed by atoms with E-state index in [0.29, 0.717) is 5.76 Å². The Kier molecular flexibility index (Phi) is 4.15. The number of phenolic OH excluding ortho intramolecular Hbond substituents is 2. The van der Waals surface area contributed by atoms with Crippen molar-refractivity contribution in [2.24, 2.45) is 0 Å². The molecule has 0 fully saturated rings. The summed E-state index contributed by atoms with van der Waals surface area (Å²) in [5.41, 5.74) is 1.74. The summed E-state index contributed by atoms with van der Waals surface area (Å²) in [6.45, 7) is 0. The maximum atomic E-state index is 11.9. The van der Waals surface area contributed by atoms with Crippen LogP contribution in [-0.2, 0) is 9.53 Å². The highest BCUT2D eigenvalue weighted by molar-refractivity contribution is 5.91. The number of benzene rings is 2. The van der Waals surface area contributed by atoms with Crippen molar-refractivity contribution < 1.29 is 19.7 Å². The average molecular weight is 308 g/mol. The minimum atomic E-state index is -0.354. The number of carbonyl (C=O) groups excluding carboxylic acids is 1. The fourth-order valence-corrected chi connectivity index (χ4v) is 2.37. The predicted molar refractivity (Wildman–Crippen MR) is 86.8 cm³/mol. The first-order valence-electron chi connectivity index (χ1n) is 7.27. The van der Waals surface area contributed by atoms with Crippen molar-refractivity contribution in [1.82, 2.24) is 0 Å². The van der Waals surface area contributed by atoms with E-state index < -0.39 is 0 Å². The second-order valence-corrected chi connectivity index (χ2v) is 5.34. The molecule has 0 amide bonds. The van der Waals surface area contributed by atoms with E-state index in [1.54, 1.807) is 54.6 Å². The van der Waals surface area contributed by atoms with Crippen LogP contribution in [0.4, 0.5) is 0 Å². The van der Waals surface area contributed by atoms with Crippen LogP contribution in [0.15, 0.2) is 66.4 Å². The van der Waals surface area contributed by atoms with Gasteiger partial charge in [0.25, 0.3) is 0 Å². The number of aromatic hydroxyl groups is 2. The summed E-state index contributed by atoms with van der Waals surface area (Å²) >= 11 is 0. The van der Waals surface area contributed by atoms with Crippen LogP contribution in [0.25, 0.3) is 6.08 Å². The van der Waals surface area contributed by atoms with Gasteiger partial charge in [0, 0.05) is 6.08 Å². The maximum Gasteiger partial charge on any atom is 0.163 e. The molecule has 0 saturated heterocycles. The van der Waals surface area contributed by atoms with Gasteiger partial charge in [-0.1, -0.05) is 30.3 Å². The summed E-state index contributed by atoms with van der Waals surface area (Å²) in [6, 6.07) is 13.4. The summed E-state index contributed by atoms with van der Waals surface area (Å²) in [5, 5.41) is 18.6. The van der Waals surface area contributed by atoms with E-state index in [0.717, 1.165) is 11.1 Å². The Hall–Kier alpha value is -3.01. The zero-order chi connectivity index (χ0) is 16.2. The number of phenols is 2. The van der Waals surface area contributed by atoms with Gasteiger partial charge in [0.2, 0.25) is 0 Å². The molecule has 116 valence electrons. The number of ether oxygens (including phenoxy) is 1. The Balaban J connectivity index is 1.76. The van der Waals surface area contributed by atoms with Crippen molar-refractivity contribution >= 4 is 11.9 Å². The van der Waals surface area contributed by atoms with Gasteiger partial charge in [0.05, 0.1) is 6.42 Å². The smallest absolute Gasteiger partial charge is 0.163 e. The van der Waals surface area contributed by atoms with Crippen molar-refractivity contribution in [3.63, 3.8) is 0 Å². The minimum absolute atomic E-state index is 0.000295. The first kappa shape index (κ1) is 14.9. The van der Waals surface area contributed by atoms with Crippen LogP contribution in [0.3, 0.4) is 0 Å². The zero-order valence-corrected chi connectivity index (χ0v) is 12.3. The van der Waals surface area contributed by atoms with E-state index in [1.165, 1.54) is 6.08 Å². The molecule has 4 heteroatoms. The summed E-state index contributed by atoms with van der Waals surface area (Å²) in [7, 11) is 0. The zero-order valence-electron chi connectivity index (χ0n) is 12.3. The lowest BCUT2D eigenvalue weighted by Crippen LogP contribution is -2.14. The number of ketones is 1. The summed E-state index contributed by atoms with van der Waals surface area (Å²) in [5.74, 6) is 0.879. The first-order valence-corrected chi connectivity index (χ1v) is 7.27. The van der Waals surface area contributed by atoms with Gasteiger partial charge in [0.1, 0.15) is 23.4 Å². The summed E-state index contributed by atoms with van der Waals surface area (Å²) < 4.78 is 5.85. The molecule has 4 nitrogen and oxygen atoms in total. The number of allylic oxidation sites excluding steroid dienone is 2. The minimum Gasteiger partial charge on any atom is -0.508 e. The highest BCUT2D eigenvalue weighted by atomic mass is 16.5. The molecule has 1 heterocycles. The Morgan fingerprint density at radius 1 is 0.913 bits per heavy atom. The first-order chi connectivity index (χ1) is 11.1. The Labute approximate surface area is 134 Å². The van der Waals surface area contributed by atoms with Crippen molar-refractivity contribution in [2.45, 2.75) is 12.5 Å². The SMILES string of the molecule is O=C1C=C(/C=C/c2ccc(O)cc2)O[C@@H](c2ccc(O)cc2)C1. The quantitative estimate of drug-likeness (QED) is 0.906. The molecule has 0 unspecified atom stereocenters. The van der Waals surface area contributed by atoms with Gasteiger partial charge < -0.3 is 14.9 Å². The van der Waals surface area contributed by atoms with E-state index >= 15 is 0 Å². The Morgan fingerprint density at radius 2 is 1.52 bits per heavy atom. The maximum absolute atomic E-state index is 11.9. The van der Waals surface area contributed by atoms with Gasteiger partial charge in [-0.2, -0.15) is 0 Å². The van der Waals surface area contributed by atoms with Crippen LogP contribution in [-0.4, -0.2) is 16.0 Å². The van der Waals surface area contributed by atoms with E-state index in [1.807, 2.05) is 6.08 Å². The topological polar surface area (TPSA) is 66.8 Å². The van der Waals surface area contributed by atoms with Gasteiger partial charge in [-0.25, -0.2) is 0 Å². The van der Waals surface area contributed by atoms with Crippen LogP contribution in [0.5, 0.6) is 11.5 Å². The molecule has 0 saturated carbocycles. The third-order valence-electron chi connectivity index (χ3n) is 3.57. The van der Waals surface area contributed by atoms with Gasteiger partial charge >= 0.3 is 0 Å². The van der Waals surface area contributed by atoms with Gasteiger partial charge in [-0.3, -0.25) is 4.79 Å². The van der Waals surface area contributed by atoms with Crippen LogP contribution >= 0.6 is 0 Å². The predicted octanol–water partition coefficient (Wildman–Crippen LogP) is 3.73. The monoisotopic (exact) mass is 308 g/mol. The number of hydrogen-bond donors (Lipinski definition) is 2. The number of carbonyl (C=O) groups is 1. The van der Waals surface area contributed by atoms with Gasteiger partial charge in [-0.05, 0) is 41.5 Å². The normalized spacial score (nSPS) is 17.8. The van der Waals surface area contributed by atoms with Crippen molar-refractivity contribution in [2.75, 3.05) is 0 Å². The van der Waals surface area contributed by atoms with Crippen LogP contribution in [0.2, 0.25) is 0 Å². The fourth-order valence-electron chi connectivity index (χ4n) is 2.37. The Bertz CT molecular complexity index is 755. The standard InChI is InChI=1S/C19H16O4/c20-15-6-1-13(2-7-15)3-10-18-11-17(22)12-19(23-18)14-4-8-16(21)9-5-14/h1-11,19-21H,12H2/b10-3+/t19-/m1/s1. The molecular formula is C19H16O4. The lowest BCUT2D eigenvalue weighted by atomic mass is 10.0. The molecule has 0 aliphatic carbocycles. The van der Waals surface area contributed by atoms with Crippen LogP contribution in [0.1, 0.15) is 23.7 Å². The third-order valence-corrected chi connectivity index (χ3v) is 3.57. The van der Waals surface area contributed by atoms with Gasteiger partial charge in [-0.15, -0.1) is 0 Å². The van der Waals surface area contributed by atoms with E-state index in [2.05, 4.69) is 0 Å². The largest absolute Gasteiger partial charge is 0.508 e. The summed E-state index contributed by atoms with van der Waals surface area (Å²) in [4.78, 5) is 11.9. The van der Waals surface area contributed by atoms with Crippen molar-refractivity contribution in [1.29, 1.82) is 0 Å². The van der Waals surface area contributed by atoms with Crippen molar-refractivity contribution in [3.8, 4) is 11.5 Å².